The van der Waals surface area contributed by atoms with Crippen LogP contribution in [0.15, 0.2) is 0 Å². The van der Waals surface area contributed by atoms with Crippen LogP contribution in [0.25, 0.3) is 0 Å². The van der Waals surface area contributed by atoms with Crippen LogP contribution in [0, 0.1) is 11.8 Å². The number of carbonyl (C=O) groups is 1. The Labute approximate surface area is 67.3 Å². The number of nitrogens with two attached hydrogens (primary N) is 1. The molecule has 0 aromatic rings. The number of nitrogens with one attached hydrogen (secondary N) is 1. The summed E-state index contributed by atoms with van der Waals surface area (Å²) in [7, 11) is 0. The van der Waals surface area contributed by atoms with Gasteiger partial charge in [0.1, 0.15) is 0 Å². The van der Waals surface area contributed by atoms with Crippen molar-refractivity contribution < 1.29 is 4.79 Å². The Morgan fingerprint density at radius 1 is 1.64 bits per heavy atom. The van der Waals surface area contributed by atoms with Crippen LogP contribution >= 0.6 is 0 Å². The highest BCUT2D eigenvalue weighted by Crippen LogP contribution is 1.98. The second-order valence-electron chi connectivity index (χ2n) is 2.77. The van der Waals surface area contributed by atoms with Gasteiger partial charge in [-0.2, -0.15) is 0 Å². The molecule has 0 unspecified atom stereocenters. The summed E-state index contributed by atoms with van der Waals surface area (Å²) in [5.74, 6) is 5.14. The molecule has 3 N–H and O–H groups in total. The molecule has 0 fully saturated rings. The molecule has 0 rings (SSSR count). The standard InChI is InChI=1S/C8H14N2O/c1-4-5-6-10-8(2,3)7(9)11/h10H,6H2,1-3H3,(H2,9,11). The smallest absolute Gasteiger partial charge is 0.237 e. The van der Waals surface area contributed by atoms with Gasteiger partial charge in [-0.05, 0) is 20.8 Å². The molecule has 1 amide bonds. The number of primary amides is 1. The van der Waals surface area contributed by atoms with Crippen LogP contribution in [-0.4, -0.2) is 18.0 Å². The molecule has 0 aromatic carbocycles. The monoisotopic (exact) mass is 154 g/mol. The third-order valence-corrected chi connectivity index (χ3v) is 1.41. The van der Waals surface area contributed by atoms with Crippen molar-refractivity contribution >= 4 is 5.91 Å². The van der Waals surface area contributed by atoms with Crippen LogP contribution in [-0.2, 0) is 4.79 Å². The van der Waals surface area contributed by atoms with E-state index in [1.807, 2.05) is 0 Å². The topological polar surface area (TPSA) is 55.1 Å². The molecule has 0 aliphatic heterocycles. The fourth-order valence-electron chi connectivity index (χ4n) is 0.441. The van der Waals surface area contributed by atoms with Crippen LogP contribution in [0.3, 0.4) is 0 Å². The third kappa shape index (κ3) is 3.64. The third-order valence-electron chi connectivity index (χ3n) is 1.41. The highest BCUT2D eigenvalue weighted by Gasteiger charge is 2.22. The lowest BCUT2D eigenvalue weighted by Gasteiger charge is -2.20. The van der Waals surface area contributed by atoms with Crippen molar-refractivity contribution in [3.8, 4) is 11.8 Å². The van der Waals surface area contributed by atoms with Crippen molar-refractivity contribution in [1.82, 2.24) is 5.32 Å². The number of hydrogen-bond acceptors (Lipinski definition) is 2. The molecule has 0 bridgehead atoms. The first kappa shape index (κ1) is 9.99. The Balaban J connectivity index is 3.89. The van der Waals surface area contributed by atoms with E-state index in [0.29, 0.717) is 6.54 Å². The van der Waals surface area contributed by atoms with Crippen molar-refractivity contribution in [1.29, 1.82) is 0 Å². The van der Waals surface area contributed by atoms with Crippen LogP contribution < -0.4 is 11.1 Å². The molecule has 0 radical (unpaired) electrons. The van der Waals surface area contributed by atoms with E-state index in [0.717, 1.165) is 0 Å². The van der Waals surface area contributed by atoms with Gasteiger partial charge in [-0.15, -0.1) is 5.92 Å². The van der Waals surface area contributed by atoms with Gasteiger partial charge in [0, 0.05) is 0 Å². The summed E-state index contributed by atoms with van der Waals surface area (Å²) in [6.45, 7) is 5.70. The summed E-state index contributed by atoms with van der Waals surface area (Å²) in [5, 5.41) is 2.91. The quantitative estimate of drug-likeness (QED) is 0.556. The van der Waals surface area contributed by atoms with E-state index in [2.05, 4.69) is 17.2 Å². The first-order chi connectivity index (χ1) is 5.00. The van der Waals surface area contributed by atoms with Gasteiger partial charge in [0.05, 0.1) is 12.1 Å². The molecule has 0 spiro atoms. The lowest BCUT2D eigenvalue weighted by atomic mass is 10.1. The highest BCUT2D eigenvalue weighted by molar-refractivity contribution is 5.83. The largest absolute Gasteiger partial charge is 0.368 e. The van der Waals surface area contributed by atoms with E-state index >= 15 is 0 Å². The van der Waals surface area contributed by atoms with Gasteiger partial charge in [-0.3, -0.25) is 10.1 Å². The average molecular weight is 154 g/mol. The van der Waals surface area contributed by atoms with E-state index in [-0.39, 0.29) is 5.91 Å². The number of carbonyl (C=O) groups excluding carboxylic acids is 1. The van der Waals surface area contributed by atoms with Gasteiger partial charge in [0.2, 0.25) is 5.91 Å². The van der Waals surface area contributed by atoms with Crippen molar-refractivity contribution in [2.75, 3.05) is 6.54 Å². The Bertz CT molecular complexity index is 198. The summed E-state index contributed by atoms with van der Waals surface area (Å²) in [6, 6.07) is 0. The Kier molecular flexibility index (Phi) is 3.63. The predicted octanol–water partition coefficient (Wildman–Crippen LogP) is -0.137. The zero-order valence-corrected chi connectivity index (χ0v) is 7.19. The molecule has 0 heterocycles. The zero-order chi connectivity index (χ0) is 8.91. The predicted molar refractivity (Wildman–Crippen MR) is 44.7 cm³/mol. The minimum Gasteiger partial charge on any atom is -0.368 e. The van der Waals surface area contributed by atoms with E-state index < -0.39 is 5.54 Å². The first-order valence-electron chi connectivity index (χ1n) is 3.45. The van der Waals surface area contributed by atoms with Crippen LogP contribution in [0.1, 0.15) is 20.8 Å². The minimum absolute atomic E-state index is 0.365. The second-order valence-corrected chi connectivity index (χ2v) is 2.77. The van der Waals surface area contributed by atoms with Gasteiger partial charge in [0.25, 0.3) is 0 Å². The lowest BCUT2D eigenvalue weighted by molar-refractivity contribution is -0.123. The molecule has 0 aliphatic rings. The van der Waals surface area contributed by atoms with Gasteiger partial charge >= 0.3 is 0 Å². The van der Waals surface area contributed by atoms with Gasteiger partial charge in [-0.1, -0.05) is 5.92 Å². The molecular formula is C8H14N2O. The average Bonchev–Trinajstić information content (AvgIpc) is 1.88. The van der Waals surface area contributed by atoms with Crippen LogP contribution in [0.2, 0.25) is 0 Å². The fourth-order valence-corrected chi connectivity index (χ4v) is 0.441. The summed E-state index contributed by atoms with van der Waals surface area (Å²) in [4.78, 5) is 10.7. The van der Waals surface area contributed by atoms with Gasteiger partial charge < -0.3 is 5.73 Å². The molecule has 0 aromatic heterocycles. The van der Waals surface area contributed by atoms with Crippen molar-refractivity contribution in [2.24, 2.45) is 5.73 Å². The highest BCUT2D eigenvalue weighted by atomic mass is 16.1. The molecule has 0 atom stereocenters. The SMILES string of the molecule is CC#CCNC(C)(C)C(N)=O. The summed E-state index contributed by atoms with van der Waals surface area (Å²) in [6.07, 6.45) is 0. The maximum atomic E-state index is 10.7. The summed E-state index contributed by atoms with van der Waals surface area (Å²) < 4.78 is 0. The molecule has 3 nitrogen and oxygen atoms in total. The van der Waals surface area contributed by atoms with Gasteiger partial charge in [0.15, 0.2) is 0 Å². The van der Waals surface area contributed by atoms with E-state index in [4.69, 9.17) is 5.73 Å². The fraction of sp³-hybridized carbons (Fsp3) is 0.625. The van der Waals surface area contributed by atoms with E-state index in [9.17, 15) is 4.79 Å². The summed E-state index contributed by atoms with van der Waals surface area (Å²) >= 11 is 0. The molecule has 0 aliphatic carbocycles. The minimum atomic E-state index is -0.663. The van der Waals surface area contributed by atoms with Crippen molar-refractivity contribution in [3.63, 3.8) is 0 Å². The maximum Gasteiger partial charge on any atom is 0.237 e. The zero-order valence-electron chi connectivity index (χ0n) is 7.19. The molecule has 62 valence electrons. The van der Waals surface area contributed by atoms with Crippen LogP contribution in [0.5, 0.6) is 0 Å². The lowest BCUT2D eigenvalue weighted by Crippen LogP contribution is -2.50. The number of amides is 1. The Morgan fingerprint density at radius 3 is 2.55 bits per heavy atom. The van der Waals surface area contributed by atoms with E-state index in [1.165, 1.54) is 0 Å². The van der Waals surface area contributed by atoms with Crippen molar-refractivity contribution in [2.45, 2.75) is 26.3 Å². The van der Waals surface area contributed by atoms with E-state index in [1.54, 1.807) is 20.8 Å². The van der Waals surface area contributed by atoms with Crippen LogP contribution in [0.4, 0.5) is 0 Å². The first-order valence-corrected chi connectivity index (χ1v) is 3.45. The van der Waals surface area contributed by atoms with Gasteiger partial charge in [-0.25, -0.2) is 0 Å². The summed E-state index contributed by atoms with van der Waals surface area (Å²) in [5.41, 5.74) is 4.44. The second kappa shape index (κ2) is 3.99. The normalized spacial score (nSPS) is 10.1. The molecule has 11 heavy (non-hydrogen) atoms. The molecule has 0 saturated carbocycles. The molecular weight excluding hydrogens is 140 g/mol. The maximum absolute atomic E-state index is 10.7. The van der Waals surface area contributed by atoms with Crippen molar-refractivity contribution in [3.05, 3.63) is 0 Å². The number of hydrogen-bond donors (Lipinski definition) is 2. The molecule has 0 saturated heterocycles. The Hall–Kier alpha value is -1.01. The Morgan fingerprint density at radius 2 is 2.18 bits per heavy atom. The number of rotatable bonds is 3. The molecule has 3 heteroatoms.